The van der Waals surface area contributed by atoms with Crippen LogP contribution in [-0.4, -0.2) is 49.7 Å². The molecular weight excluding hydrogens is 464 g/mol. The highest BCUT2D eigenvalue weighted by Gasteiger charge is 2.40. The Hall–Kier alpha value is -2.96. The number of fused-ring (bicyclic) bond motifs is 1. The SMILES string of the molecule is CNCCCN(C)C(=O)OC1=C(C2CCC(c3ccc(Cl)cc3)CC2)C(=O)c2ccccc2C1=O. The topological polar surface area (TPSA) is 75.7 Å². The lowest BCUT2D eigenvalue weighted by Crippen LogP contribution is -2.34. The lowest BCUT2D eigenvalue weighted by molar-refractivity contribution is 0.0856. The van der Waals surface area contributed by atoms with Crippen molar-refractivity contribution in [2.75, 3.05) is 27.2 Å². The van der Waals surface area contributed by atoms with Gasteiger partial charge in [-0.1, -0.05) is 48.0 Å². The summed E-state index contributed by atoms with van der Waals surface area (Å²) in [6.07, 6.45) is 3.36. The smallest absolute Gasteiger partial charge is 0.406 e. The summed E-state index contributed by atoms with van der Waals surface area (Å²) in [5.41, 5.74) is 2.25. The van der Waals surface area contributed by atoms with Gasteiger partial charge < -0.3 is 15.0 Å². The molecule has 0 bridgehead atoms. The van der Waals surface area contributed by atoms with Crippen molar-refractivity contribution < 1.29 is 19.1 Å². The predicted octanol–water partition coefficient (Wildman–Crippen LogP) is 5.63. The number of carbonyl (C=O) groups is 3. The van der Waals surface area contributed by atoms with Gasteiger partial charge >= 0.3 is 6.09 Å². The Bertz CT molecular complexity index is 1130. The van der Waals surface area contributed by atoms with Crippen LogP contribution in [0.25, 0.3) is 0 Å². The van der Waals surface area contributed by atoms with Gasteiger partial charge in [-0.25, -0.2) is 4.79 Å². The number of hydrogen-bond acceptors (Lipinski definition) is 5. The molecule has 0 spiro atoms. The van der Waals surface area contributed by atoms with Crippen LogP contribution in [-0.2, 0) is 4.74 Å². The van der Waals surface area contributed by atoms with E-state index in [0.29, 0.717) is 28.6 Å². The predicted molar refractivity (Wildman–Crippen MR) is 136 cm³/mol. The first-order valence-corrected chi connectivity index (χ1v) is 12.5. The van der Waals surface area contributed by atoms with Crippen LogP contribution in [0.15, 0.2) is 59.9 Å². The zero-order valence-corrected chi connectivity index (χ0v) is 20.9. The van der Waals surface area contributed by atoms with Gasteiger partial charge in [0.15, 0.2) is 11.5 Å². The van der Waals surface area contributed by atoms with Crippen molar-refractivity contribution in [1.82, 2.24) is 10.2 Å². The molecule has 2 aliphatic rings. The molecule has 1 N–H and O–H groups in total. The van der Waals surface area contributed by atoms with Crippen molar-refractivity contribution in [3.63, 3.8) is 0 Å². The van der Waals surface area contributed by atoms with E-state index in [4.69, 9.17) is 16.3 Å². The van der Waals surface area contributed by atoms with Crippen molar-refractivity contribution in [3.05, 3.63) is 81.6 Å². The van der Waals surface area contributed by atoms with E-state index >= 15 is 0 Å². The second-order valence-electron chi connectivity index (χ2n) is 9.29. The van der Waals surface area contributed by atoms with E-state index in [1.54, 1.807) is 31.3 Å². The van der Waals surface area contributed by atoms with Gasteiger partial charge in [0.2, 0.25) is 5.78 Å². The first-order chi connectivity index (χ1) is 16.9. The van der Waals surface area contributed by atoms with Crippen LogP contribution < -0.4 is 5.32 Å². The normalized spacial score (nSPS) is 20.0. The Balaban J connectivity index is 1.59. The molecule has 1 saturated carbocycles. The Morgan fingerprint density at radius 2 is 1.57 bits per heavy atom. The zero-order valence-electron chi connectivity index (χ0n) is 20.2. The van der Waals surface area contributed by atoms with Gasteiger partial charge in [-0.05, 0) is 75.2 Å². The summed E-state index contributed by atoms with van der Waals surface area (Å²) in [6, 6.07) is 14.7. The number of halogens is 1. The Morgan fingerprint density at radius 1 is 0.971 bits per heavy atom. The minimum Gasteiger partial charge on any atom is -0.406 e. The zero-order chi connectivity index (χ0) is 24.9. The van der Waals surface area contributed by atoms with Crippen LogP contribution in [0.1, 0.15) is 64.3 Å². The highest BCUT2D eigenvalue weighted by molar-refractivity contribution is 6.30. The Labute approximate surface area is 211 Å². The number of Topliss-reactive ketones (excluding diaryl/α,β-unsaturated/α-hetero) is 2. The van der Waals surface area contributed by atoms with E-state index in [0.717, 1.165) is 38.6 Å². The fourth-order valence-corrected chi connectivity index (χ4v) is 5.17. The molecule has 0 atom stereocenters. The van der Waals surface area contributed by atoms with E-state index in [-0.39, 0.29) is 23.0 Å². The number of carbonyl (C=O) groups excluding carboxylic acids is 3. The number of amides is 1. The molecule has 4 rings (SSSR count). The third-order valence-corrected chi connectivity index (χ3v) is 7.26. The van der Waals surface area contributed by atoms with E-state index in [9.17, 15) is 14.4 Å². The third-order valence-electron chi connectivity index (χ3n) is 7.01. The van der Waals surface area contributed by atoms with Crippen molar-refractivity contribution in [1.29, 1.82) is 0 Å². The molecule has 0 unspecified atom stereocenters. The first kappa shape index (κ1) is 25.1. The van der Waals surface area contributed by atoms with Gasteiger partial charge in [0.1, 0.15) is 0 Å². The Kier molecular flexibility index (Phi) is 8.04. The van der Waals surface area contributed by atoms with Gasteiger partial charge in [0, 0.05) is 29.7 Å². The monoisotopic (exact) mass is 494 g/mol. The molecule has 35 heavy (non-hydrogen) atoms. The summed E-state index contributed by atoms with van der Waals surface area (Å²) in [7, 11) is 3.49. The minimum atomic E-state index is -0.621. The lowest BCUT2D eigenvalue weighted by Gasteiger charge is -2.32. The van der Waals surface area contributed by atoms with Crippen LogP contribution in [0.5, 0.6) is 0 Å². The van der Waals surface area contributed by atoms with Crippen LogP contribution in [0.3, 0.4) is 0 Å². The maximum absolute atomic E-state index is 13.6. The first-order valence-electron chi connectivity index (χ1n) is 12.2. The number of nitrogens with one attached hydrogen (secondary N) is 1. The van der Waals surface area contributed by atoms with E-state index in [2.05, 4.69) is 17.4 Å². The van der Waals surface area contributed by atoms with Gasteiger partial charge in [-0.2, -0.15) is 0 Å². The summed E-state index contributed by atoms with van der Waals surface area (Å²) >= 11 is 6.04. The van der Waals surface area contributed by atoms with Crippen LogP contribution >= 0.6 is 11.6 Å². The Morgan fingerprint density at radius 3 is 2.20 bits per heavy atom. The van der Waals surface area contributed by atoms with E-state index in [1.807, 2.05) is 19.2 Å². The molecule has 1 fully saturated rings. The van der Waals surface area contributed by atoms with E-state index < -0.39 is 11.9 Å². The fourth-order valence-electron chi connectivity index (χ4n) is 5.04. The van der Waals surface area contributed by atoms with Crippen molar-refractivity contribution in [3.8, 4) is 0 Å². The number of benzene rings is 2. The van der Waals surface area contributed by atoms with E-state index in [1.165, 1.54) is 10.5 Å². The second kappa shape index (κ2) is 11.2. The van der Waals surface area contributed by atoms with Crippen molar-refractivity contribution in [2.45, 2.75) is 38.0 Å². The standard InChI is InChI=1S/C28H31ClN2O4/c1-30-16-5-17-31(2)28(34)35-27-24(25(32)22-6-3-4-7-23(22)26(27)33)20-10-8-18(9-11-20)19-12-14-21(29)15-13-19/h3-4,6-7,12-15,18,20,30H,5,8-11,16-17H2,1-2H3. The van der Waals surface area contributed by atoms with Crippen LogP contribution in [0, 0.1) is 5.92 Å². The average Bonchev–Trinajstić information content (AvgIpc) is 2.88. The molecule has 2 aromatic carbocycles. The highest BCUT2D eigenvalue weighted by Crippen LogP contribution is 2.42. The summed E-state index contributed by atoms with van der Waals surface area (Å²) < 4.78 is 5.68. The maximum atomic E-state index is 13.6. The molecule has 7 heteroatoms. The molecule has 0 radical (unpaired) electrons. The molecule has 6 nitrogen and oxygen atoms in total. The van der Waals surface area contributed by atoms with Crippen LogP contribution in [0.2, 0.25) is 5.02 Å². The van der Waals surface area contributed by atoms with Crippen LogP contribution in [0.4, 0.5) is 4.79 Å². The number of ketones is 2. The number of nitrogens with zero attached hydrogens (tertiary/aromatic N) is 1. The van der Waals surface area contributed by atoms with Gasteiger partial charge in [0.25, 0.3) is 0 Å². The lowest BCUT2D eigenvalue weighted by atomic mass is 9.72. The largest absolute Gasteiger partial charge is 0.415 e. The number of hydrogen-bond donors (Lipinski definition) is 1. The third kappa shape index (κ3) is 5.49. The molecular formula is C28H31ClN2O4. The van der Waals surface area contributed by atoms with Gasteiger partial charge in [-0.15, -0.1) is 0 Å². The summed E-state index contributed by atoms with van der Waals surface area (Å²) in [6.45, 7) is 1.24. The molecule has 184 valence electrons. The highest BCUT2D eigenvalue weighted by atomic mass is 35.5. The number of rotatable bonds is 7. The molecule has 2 aromatic rings. The maximum Gasteiger partial charge on any atom is 0.415 e. The van der Waals surface area contributed by atoms with Crippen molar-refractivity contribution >= 4 is 29.3 Å². The molecule has 0 heterocycles. The second-order valence-corrected chi connectivity index (χ2v) is 9.73. The number of ether oxygens (including phenoxy) is 1. The average molecular weight is 495 g/mol. The molecule has 0 aliphatic heterocycles. The quantitative estimate of drug-likeness (QED) is 0.505. The summed E-state index contributed by atoms with van der Waals surface area (Å²) in [4.78, 5) is 41.3. The molecule has 0 saturated heterocycles. The number of allylic oxidation sites excluding steroid dienone is 2. The van der Waals surface area contributed by atoms with Gasteiger partial charge in [0.05, 0.1) is 5.57 Å². The summed E-state index contributed by atoms with van der Waals surface area (Å²) in [5, 5.41) is 3.75. The van der Waals surface area contributed by atoms with Gasteiger partial charge in [-0.3, -0.25) is 9.59 Å². The fraction of sp³-hybridized carbons (Fsp3) is 0.393. The molecule has 0 aromatic heterocycles. The molecule has 2 aliphatic carbocycles. The summed E-state index contributed by atoms with van der Waals surface area (Å²) in [5.74, 6) is -0.479. The molecule has 1 amide bonds. The minimum absolute atomic E-state index is 0.103. The van der Waals surface area contributed by atoms with Crippen molar-refractivity contribution in [2.24, 2.45) is 5.92 Å².